The normalized spacial score (nSPS) is 16.8. The number of aromatic nitrogens is 3. The molecule has 9 heteroatoms. The Bertz CT molecular complexity index is 787. The lowest BCUT2D eigenvalue weighted by atomic mass is 9.95. The molecule has 3 heterocycles. The molecule has 0 spiro atoms. The fourth-order valence-corrected chi connectivity index (χ4v) is 3.71. The summed E-state index contributed by atoms with van der Waals surface area (Å²) in [5.74, 6) is 3.92. The average molecular weight is 408 g/mol. The highest BCUT2D eigenvalue weighted by Gasteiger charge is 2.28. The zero-order valence-corrected chi connectivity index (χ0v) is 16.8. The molecule has 0 radical (unpaired) electrons. The second-order valence-electron chi connectivity index (χ2n) is 6.92. The Hall–Kier alpha value is -2.32. The van der Waals surface area contributed by atoms with E-state index in [2.05, 4.69) is 20.1 Å². The molecule has 0 aliphatic carbocycles. The fraction of sp³-hybridized carbons (Fsp3) is 0.526. The molecule has 2 aliphatic heterocycles. The van der Waals surface area contributed by atoms with Crippen LogP contribution in [-0.2, 0) is 17.9 Å². The highest BCUT2D eigenvalue weighted by Crippen LogP contribution is 2.28. The summed E-state index contributed by atoms with van der Waals surface area (Å²) in [5, 5.41) is 12.0. The Balaban J connectivity index is 0.00000225. The molecule has 4 rings (SSSR count). The predicted molar refractivity (Wildman–Crippen MR) is 106 cm³/mol. The highest BCUT2D eigenvalue weighted by atomic mass is 35.5. The summed E-state index contributed by atoms with van der Waals surface area (Å²) in [7, 11) is 1.62. The minimum Gasteiger partial charge on any atom is -0.497 e. The minimum absolute atomic E-state index is 0. The monoisotopic (exact) mass is 407 g/mol. The van der Waals surface area contributed by atoms with Gasteiger partial charge in [0.05, 0.1) is 13.7 Å². The number of methoxy groups -OCH3 is 1. The second kappa shape index (κ2) is 9.25. The van der Waals surface area contributed by atoms with E-state index in [-0.39, 0.29) is 24.9 Å². The van der Waals surface area contributed by atoms with Crippen LogP contribution in [0.2, 0.25) is 0 Å². The molecule has 1 amide bonds. The van der Waals surface area contributed by atoms with Crippen LogP contribution in [0.4, 0.5) is 0 Å². The zero-order chi connectivity index (χ0) is 18.6. The third-order valence-electron chi connectivity index (χ3n) is 5.29. The van der Waals surface area contributed by atoms with Gasteiger partial charge >= 0.3 is 0 Å². The van der Waals surface area contributed by atoms with Crippen molar-refractivity contribution in [3.8, 4) is 11.5 Å². The Labute approximate surface area is 170 Å². The molecule has 1 saturated heterocycles. The Morgan fingerprint density at radius 3 is 2.57 bits per heavy atom. The van der Waals surface area contributed by atoms with Gasteiger partial charge in [-0.1, -0.05) is 0 Å². The number of hydrogen-bond donors (Lipinski definition) is 1. The van der Waals surface area contributed by atoms with E-state index in [0.29, 0.717) is 11.7 Å². The van der Waals surface area contributed by atoms with Crippen molar-refractivity contribution in [1.82, 2.24) is 25.0 Å². The third-order valence-corrected chi connectivity index (χ3v) is 5.29. The van der Waals surface area contributed by atoms with Gasteiger partial charge in [0.25, 0.3) is 5.91 Å². The maximum Gasteiger partial charge on any atom is 0.260 e. The lowest BCUT2D eigenvalue weighted by Crippen LogP contribution is -2.41. The van der Waals surface area contributed by atoms with Crippen LogP contribution in [0.5, 0.6) is 11.5 Å². The standard InChI is InChI=1S/C19H25N5O3.ClH/c1-26-15-2-4-16(5-3-15)27-13-18(25)23-9-6-14(7-10-23)19-22-21-17-12-20-8-11-24(17)19;/h2-5,14,20H,6-13H2,1H3;1H. The first-order chi connectivity index (χ1) is 13.2. The minimum atomic E-state index is 0. The highest BCUT2D eigenvalue weighted by molar-refractivity contribution is 5.85. The van der Waals surface area contributed by atoms with E-state index in [4.69, 9.17) is 9.47 Å². The topological polar surface area (TPSA) is 81.5 Å². The van der Waals surface area contributed by atoms with Gasteiger partial charge in [0, 0.05) is 32.1 Å². The molecule has 152 valence electrons. The third kappa shape index (κ3) is 4.39. The molecule has 0 unspecified atom stereocenters. The molecular formula is C19H26ClN5O3. The average Bonchev–Trinajstić information content (AvgIpc) is 3.16. The van der Waals surface area contributed by atoms with Gasteiger partial charge in [-0.25, -0.2) is 0 Å². The van der Waals surface area contributed by atoms with Crippen molar-refractivity contribution in [2.24, 2.45) is 0 Å². The Morgan fingerprint density at radius 1 is 1.14 bits per heavy atom. The van der Waals surface area contributed by atoms with E-state index in [1.165, 1.54) is 0 Å². The van der Waals surface area contributed by atoms with Crippen molar-refractivity contribution in [3.63, 3.8) is 0 Å². The van der Waals surface area contributed by atoms with Crippen LogP contribution in [0.15, 0.2) is 24.3 Å². The second-order valence-corrected chi connectivity index (χ2v) is 6.92. The number of nitrogens with zero attached hydrogens (tertiary/aromatic N) is 4. The van der Waals surface area contributed by atoms with Crippen LogP contribution in [-0.4, -0.2) is 58.9 Å². The number of likely N-dealkylation sites (tertiary alicyclic amines) is 1. The molecular weight excluding hydrogens is 382 g/mol. The van der Waals surface area contributed by atoms with E-state index in [0.717, 1.165) is 63.0 Å². The first-order valence-electron chi connectivity index (χ1n) is 9.42. The molecule has 1 aromatic heterocycles. The number of ether oxygens (including phenoxy) is 2. The molecule has 1 fully saturated rings. The van der Waals surface area contributed by atoms with Crippen LogP contribution in [0.25, 0.3) is 0 Å². The maximum atomic E-state index is 12.5. The molecule has 0 saturated carbocycles. The van der Waals surface area contributed by atoms with Gasteiger partial charge in [0.15, 0.2) is 6.61 Å². The number of rotatable bonds is 5. The van der Waals surface area contributed by atoms with Gasteiger partial charge in [-0.05, 0) is 37.1 Å². The SMILES string of the molecule is COc1ccc(OCC(=O)N2CCC(c3nnc4n3CCNC4)CC2)cc1.Cl. The van der Waals surface area contributed by atoms with Crippen LogP contribution < -0.4 is 14.8 Å². The van der Waals surface area contributed by atoms with Crippen molar-refractivity contribution >= 4 is 18.3 Å². The summed E-state index contributed by atoms with van der Waals surface area (Å²) < 4.78 is 13.0. The molecule has 0 atom stereocenters. The van der Waals surface area contributed by atoms with Gasteiger partial charge in [0.2, 0.25) is 0 Å². The molecule has 1 aromatic carbocycles. The van der Waals surface area contributed by atoms with E-state index < -0.39 is 0 Å². The summed E-state index contributed by atoms with van der Waals surface area (Å²) in [6, 6.07) is 7.25. The van der Waals surface area contributed by atoms with Crippen LogP contribution in [0.1, 0.15) is 30.4 Å². The number of amides is 1. The van der Waals surface area contributed by atoms with Gasteiger partial charge in [-0.2, -0.15) is 0 Å². The lowest BCUT2D eigenvalue weighted by Gasteiger charge is -2.32. The summed E-state index contributed by atoms with van der Waals surface area (Å²) in [5.41, 5.74) is 0. The molecule has 0 bridgehead atoms. The molecule has 1 N–H and O–H groups in total. The number of piperidine rings is 1. The van der Waals surface area contributed by atoms with Gasteiger partial charge in [-0.15, -0.1) is 22.6 Å². The van der Waals surface area contributed by atoms with Gasteiger partial charge < -0.3 is 24.3 Å². The summed E-state index contributed by atoms with van der Waals surface area (Å²) in [6.45, 7) is 4.19. The summed E-state index contributed by atoms with van der Waals surface area (Å²) in [4.78, 5) is 14.3. The largest absolute Gasteiger partial charge is 0.497 e. The Morgan fingerprint density at radius 2 is 1.86 bits per heavy atom. The predicted octanol–water partition coefficient (Wildman–Crippen LogP) is 1.60. The smallest absolute Gasteiger partial charge is 0.260 e. The molecule has 2 aromatic rings. The zero-order valence-electron chi connectivity index (χ0n) is 16.0. The number of halogens is 1. The number of fused-ring (bicyclic) bond motifs is 1. The maximum absolute atomic E-state index is 12.5. The van der Waals surface area contributed by atoms with E-state index in [1.54, 1.807) is 7.11 Å². The first-order valence-corrected chi connectivity index (χ1v) is 9.42. The number of benzene rings is 1. The number of hydrogen-bond acceptors (Lipinski definition) is 6. The number of carbonyl (C=O) groups is 1. The van der Waals surface area contributed by atoms with Crippen LogP contribution in [0, 0.1) is 0 Å². The Kier molecular flexibility index (Phi) is 6.74. The summed E-state index contributed by atoms with van der Waals surface area (Å²) >= 11 is 0. The van der Waals surface area contributed by atoms with E-state index in [9.17, 15) is 4.79 Å². The van der Waals surface area contributed by atoms with E-state index >= 15 is 0 Å². The fourth-order valence-electron chi connectivity index (χ4n) is 3.71. The van der Waals surface area contributed by atoms with Crippen LogP contribution >= 0.6 is 12.4 Å². The van der Waals surface area contributed by atoms with Gasteiger partial charge in [0.1, 0.15) is 23.1 Å². The quantitative estimate of drug-likeness (QED) is 0.810. The molecule has 8 nitrogen and oxygen atoms in total. The van der Waals surface area contributed by atoms with E-state index in [1.807, 2.05) is 29.2 Å². The van der Waals surface area contributed by atoms with Crippen LogP contribution in [0.3, 0.4) is 0 Å². The van der Waals surface area contributed by atoms with Crippen molar-refractivity contribution in [3.05, 3.63) is 35.9 Å². The molecule has 28 heavy (non-hydrogen) atoms. The molecule has 2 aliphatic rings. The van der Waals surface area contributed by atoms with Crippen molar-refractivity contribution in [2.75, 3.05) is 33.4 Å². The van der Waals surface area contributed by atoms with Gasteiger partial charge in [-0.3, -0.25) is 4.79 Å². The summed E-state index contributed by atoms with van der Waals surface area (Å²) in [6.07, 6.45) is 1.83. The van der Waals surface area contributed by atoms with Crippen molar-refractivity contribution < 1.29 is 14.3 Å². The number of nitrogens with one attached hydrogen (secondary N) is 1. The number of carbonyl (C=O) groups excluding carboxylic acids is 1. The first kappa shape index (κ1) is 20.4. The van der Waals surface area contributed by atoms with Crippen molar-refractivity contribution in [1.29, 1.82) is 0 Å². The lowest BCUT2D eigenvalue weighted by molar-refractivity contribution is -0.134. The van der Waals surface area contributed by atoms with Crippen molar-refractivity contribution in [2.45, 2.75) is 31.8 Å².